The number of nitrogens with one attached hydrogen (secondary N) is 1. The van der Waals surface area contributed by atoms with E-state index >= 15 is 0 Å². The van der Waals surface area contributed by atoms with E-state index in [1.54, 1.807) is 24.1 Å². The van der Waals surface area contributed by atoms with Gasteiger partial charge in [-0.2, -0.15) is 0 Å². The molecular formula is C26H36N4O4S. The molecule has 35 heavy (non-hydrogen) atoms. The lowest BCUT2D eigenvalue weighted by Gasteiger charge is -2.37. The molecule has 190 valence electrons. The van der Waals surface area contributed by atoms with Gasteiger partial charge in [0.2, 0.25) is 11.7 Å². The highest BCUT2D eigenvalue weighted by molar-refractivity contribution is 7.99. The molecule has 2 amide bonds. The molecule has 1 heterocycles. The number of thioether (sulfide) groups is 1. The maximum absolute atomic E-state index is 13.5. The van der Waals surface area contributed by atoms with Gasteiger partial charge in [-0.15, -0.1) is 10.2 Å². The van der Waals surface area contributed by atoms with Crippen molar-refractivity contribution >= 4 is 29.4 Å². The number of benzene rings is 1. The van der Waals surface area contributed by atoms with Crippen LogP contribution >= 0.6 is 11.8 Å². The van der Waals surface area contributed by atoms with E-state index in [0.29, 0.717) is 23.6 Å². The van der Waals surface area contributed by atoms with Gasteiger partial charge in [-0.3, -0.25) is 14.4 Å². The molecule has 1 aromatic heterocycles. The summed E-state index contributed by atoms with van der Waals surface area (Å²) in [5.41, 5.74) is 0.596. The van der Waals surface area contributed by atoms with Crippen LogP contribution in [0.15, 0.2) is 40.0 Å². The fraction of sp³-hybridized carbons (Fsp3) is 0.577. The van der Waals surface area contributed by atoms with Gasteiger partial charge in [-0.1, -0.05) is 70.5 Å². The van der Waals surface area contributed by atoms with Crippen molar-refractivity contribution in [3.05, 3.63) is 41.8 Å². The minimum Gasteiger partial charge on any atom is -0.408 e. The minimum atomic E-state index is -0.766. The van der Waals surface area contributed by atoms with Crippen LogP contribution < -0.4 is 5.32 Å². The van der Waals surface area contributed by atoms with E-state index in [1.807, 2.05) is 45.9 Å². The number of amides is 2. The van der Waals surface area contributed by atoms with E-state index in [9.17, 15) is 14.4 Å². The fourth-order valence-electron chi connectivity index (χ4n) is 4.50. The number of nitrogens with zero attached hydrogens (tertiary/aromatic N) is 3. The second-order valence-electron chi connectivity index (χ2n) is 9.84. The van der Waals surface area contributed by atoms with Gasteiger partial charge in [0, 0.05) is 23.9 Å². The summed E-state index contributed by atoms with van der Waals surface area (Å²) in [7, 11) is 1.76. The summed E-state index contributed by atoms with van der Waals surface area (Å²) in [5, 5.41) is 11.4. The van der Waals surface area contributed by atoms with Gasteiger partial charge in [0.05, 0.1) is 12.0 Å². The SMILES string of the molecule is CC(C)C[C@H](NC(=O)[C@@H]1CCCC[C@@H]1N(C)C(=O)c1ccccc1)C(=O)c1nnc(SC(C)C)o1. The highest BCUT2D eigenvalue weighted by Gasteiger charge is 2.38. The molecule has 1 saturated carbocycles. The van der Waals surface area contributed by atoms with Crippen LogP contribution in [0.25, 0.3) is 0 Å². The first kappa shape index (κ1) is 26.9. The topological polar surface area (TPSA) is 105 Å². The number of ketones is 1. The first-order valence-electron chi connectivity index (χ1n) is 12.3. The van der Waals surface area contributed by atoms with E-state index in [-0.39, 0.29) is 40.7 Å². The summed E-state index contributed by atoms with van der Waals surface area (Å²) in [4.78, 5) is 41.4. The van der Waals surface area contributed by atoms with Crippen LogP contribution in [-0.2, 0) is 4.79 Å². The third kappa shape index (κ3) is 7.16. The van der Waals surface area contributed by atoms with E-state index in [0.717, 1.165) is 19.3 Å². The van der Waals surface area contributed by atoms with Crippen LogP contribution in [0.1, 0.15) is 80.8 Å². The molecule has 1 N–H and O–H groups in total. The zero-order valence-corrected chi connectivity index (χ0v) is 22.0. The number of hydrogen-bond donors (Lipinski definition) is 1. The molecule has 9 heteroatoms. The molecule has 0 saturated heterocycles. The molecule has 0 radical (unpaired) electrons. The van der Waals surface area contributed by atoms with Gasteiger partial charge in [-0.25, -0.2) is 0 Å². The number of Topliss-reactive ketones (excluding diaryl/α,β-unsaturated/α-hetero) is 1. The van der Waals surface area contributed by atoms with Gasteiger partial charge in [0.1, 0.15) is 0 Å². The van der Waals surface area contributed by atoms with Crippen molar-refractivity contribution in [2.75, 3.05) is 7.05 Å². The normalized spacial score (nSPS) is 18.9. The Morgan fingerprint density at radius 3 is 2.43 bits per heavy atom. The predicted molar refractivity (Wildman–Crippen MR) is 135 cm³/mol. The largest absolute Gasteiger partial charge is 0.408 e. The Morgan fingerprint density at radius 1 is 1.09 bits per heavy atom. The smallest absolute Gasteiger partial charge is 0.286 e. The first-order chi connectivity index (χ1) is 16.7. The van der Waals surface area contributed by atoms with Crippen molar-refractivity contribution in [2.24, 2.45) is 11.8 Å². The molecule has 1 aromatic carbocycles. The molecule has 2 aromatic rings. The summed E-state index contributed by atoms with van der Waals surface area (Å²) in [5.74, 6) is -1.00. The number of aromatic nitrogens is 2. The average molecular weight is 501 g/mol. The van der Waals surface area contributed by atoms with Crippen LogP contribution in [0, 0.1) is 11.8 Å². The van der Waals surface area contributed by atoms with E-state index in [2.05, 4.69) is 15.5 Å². The zero-order valence-electron chi connectivity index (χ0n) is 21.2. The molecule has 0 spiro atoms. The predicted octanol–water partition coefficient (Wildman–Crippen LogP) is 4.61. The van der Waals surface area contributed by atoms with Gasteiger partial charge in [-0.05, 0) is 37.3 Å². The molecular weight excluding hydrogens is 464 g/mol. The van der Waals surface area contributed by atoms with Gasteiger partial charge in [0.15, 0.2) is 0 Å². The lowest BCUT2D eigenvalue weighted by atomic mass is 9.82. The lowest BCUT2D eigenvalue weighted by Crippen LogP contribution is -2.52. The Morgan fingerprint density at radius 2 is 1.77 bits per heavy atom. The number of hydrogen-bond acceptors (Lipinski definition) is 7. The second kappa shape index (κ2) is 12.3. The maximum atomic E-state index is 13.5. The average Bonchev–Trinajstić information content (AvgIpc) is 3.30. The third-order valence-electron chi connectivity index (χ3n) is 6.20. The Balaban J connectivity index is 1.75. The molecule has 3 rings (SSSR count). The monoisotopic (exact) mass is 500 g/mol. The van der Waals surface area contributed by atoms with Gasteiger partial charge < -0.3 is 14.6 Å². The summed E-state index contributed by atoms with van der Waals surface area (Å²) >= 11 is 1.39. The highest BCUT2D eigenvalue weighted by atomic mass is 32.2. The Hall–Kier alpha value is -2.68. The van der Waals surface area contributed by atoms with Crippen LogP contribution in [0.3, 0.4) is 0 Å². The van der Waals surface area contributed by atoms with Gasteiger partial charge in [0.25, 0.3) is 17.0 Å². The summed E-state index contributed by atoms with van der Waals surface area (Å²) < 4.78 is 5.57. The highest BCUT2D eigenvalue weighted by Crippen LogP contribution is 2.30. The maximum Gasteiger partial charge on any atom is 0.286 e. The molecule has 1 aliphatic carbocycles. The molecule has 3 atom stereocenters. The fourth-order valence-corrected chi connectivity index (χ4v) is 5.12. The van der Waals surface area contributed by atoms with Crippen molar-refractivity contribution < 1.29 is 18.8 Å². The first-order valence-corrected chi connectivity index (χ1v) is 13.2. The molecule has 8 nitrogen and oxygen atoms in total. The van der Waals surface area contributed by atoms with E-state index < -0.39 is 12.0 Å². The van der Waals surface area contributed by atoms with Crippen LogP contribution in [0.2, 0.25) is 0 Å². The molecule has 1 fully saturated rings. The van der Waals surface area contributed by atoms with Crippen LogP contribution in [0.4, 0.5) is 0 Å². The third-order valence-corrected chi connectivity index (χ3v) is 7.04. The summed E-state index contributed by atoms with van der Waals surface area (Å²) in [6.07, 6.45) is 3.73. The van der Waals surface area contributed by atoms with Crippen LogP contribution in [0.5, 0.6) is 0 Å². The zero-order chi connectivity index (χ0) is 25.5. The quantitative estimate of drug-likeness (QED) is 0.375. The van der Waals surface area contributed by atoms with E-state index in [4.69, 9.17) is 4.42 Å². The van der Waals surface area contributed by atoms with Crippen molar-refractivity contribution in [1.82, 2.24) is 20.4 Å². The Bertz CT molecular complexity index is 1010. The Kier molecular flexibility index (Phi) is 9.48. The van der Waals surface area contributed by atoms with Crippen molar-refractivity contribution in [3.8, 4) is 0 Å². The lowest BCUT2D eigenvalue weighted by molar-refractivity contribution is -0.128. The summed E-state index contributed by atoms with van der Waals surface area (Å²) in [6.45, 7) is 7.99. The van der Waals surface area contributed by atoms with Crippen molar-refractivity contribution in [3.63, 3.8) is 0 Å². The molecule has 1 aliphatic rings. The number of rotatable bonds is 10. The minimum absolute atomic E-state index is 0.0873. The van der Waals surface area contributed by atoms with Crippen LogP contribution in [-0.4, -0.2) is 57.1 Å². The van der Waals surface area contributed by atoms with Crippen molar-refractivity contribution in [1.29, 1.82) is 0 Å². The number of carbonyl (C=O) groups excluding carboxylic acids is 3. The molecule has 0 aliphatic heterocycles. The van der Waals surface area contributed by atoms with Gasteiger partial charge >= 0.3 is 0 Å². The second-order valence-corrected chi connectivity index (χ2v) is 11.4. The standard InChI is InChI=1S/C26H36N4O4S/c1-16(2)15-20(22(31)24-28-29-26(34-24)35-17(3)4)27-23(32)19-13-9-10-14-21(19)30(5)25(33)18-11-7-6-8-12-18/h6-8,11-12,16-17,19-21H,9-10,13-15H2,1-5H3,(H,27,32)/t19-,20+,21+/m1/s1. The molecule has 0 bridgehead atoms. The summed E-state index contributed by atoms with van der Waals surface area (Å²) in [6, 6.07) is 8.09. The molecule has 0 unspecified atom stereocenters. The van der Waals surface area contributed by atoms with E-state index in [1.165, 1.54) is 11.8 Å². The van der Waals surface area contributed by atoms with Crippen molar-refractivity contribution in [2.45, 2.75) is 82.4 Å². The Labute approximate surface area is 211 Å². The number of carbonyl (C=O) groups is 3.